The molecule has 70 valence electrons. The van der Waals surface area contributed by atoms with Gasteiger partial charge in [0.2, 0.25) is 0 Å². The highest BCUT2D eigenvalue weighted by atomic mass is 16.2. The monoisotopic (exact) mass is 178 g/mol. The largest absolute Gasteiger partial charge is 0.341 e. The van der Waals surface area contributed by atoms with Crippen molar-refractivity contribution in [1.82, 2.24) is 10.6 Å². The maximum atomic E-state index is 10.9. The molecule has 0 aliphatic rings. The molecular formula is C10H14N2O. The number of urea groups is 1. The van der Waals surface area contributed by atoms with Crippen LogP contribution in [0.3, 0.4) is 0 Å². The van der Waals surface area contributed by atoms with Crippen LogP contribution in [0.2, 0.25) is 0 Å². The summed E-state index contributed by atoms with van der Waals surface area (Å²) in [6, 6.07) is -0.262. The smallest absolute Gasteiger partial charge is 0.318 e. The summed E-state index contributed by atoms with van der Waals surface area (Å²) in [5.74, 6) is 0. The average molecular weight is 178 g/mol. The predicted octanol–water partition coefficient (Wildman–Crippen LogP) is 1.73. The van der Waals surface area contributed by atoms with Crippen molar-refractivity contribution in [1.29, 1.82) is 0 Å². The summed E-state index contributed by atoms with van der Waals surface area (Å²) < 4.78 is 0. The summed E-state index contributed by atoms with van der Waals surface area (Å²) in [6.45, 7) is 7.06. The Morgan fingerprint density at radius 1 is 1.31 bits per heavy atom. The van der Waals surface area contributed by atoms with Crippen molar-refractivity contribution in [2.75, 3.05) is 7.05 Å². The van der Waals surface area contributed by atoms with E-state index in [1.807, 2.05) is 0 Å². The fourth-order valence-corrected chi connectivity index (χ4v) is 0.631. The molecule has 0 aromatic rings. The van der Waals surface area contributed by atoms with E-state index in [9.17, 15) is 4.79 Å². The molecule has 0 heterocycles. The first-order chi connectivity index (χ1) is 6.24. The van der Waals surface area contributed by atoms with Crippen molar-refractivity contribution in [3.63, 3.8) is 0 Å². The van der Waals surface area contributed by atoms with Gasteiger partial charge in [-0.15, -0.1) is 0 Å². The molecule has 0 fully saturated rings. The zero-order chi connectivity index (χ0) is 10.1. The molecule has 0 spiro atoms. The molecule has 0 atom stereocenters. The Hall–Kier alpha value is -1.77. The maximum absolute atomic E-state index is 10.9. The molecule has 2 amide bonds. The minimum Gasteiger partial charge on any atom is -0.341 e. The number of allylic oxidation sites excluding steroid dienone is 5. The number of rotatable bonds is 4. The zero-order valence-electron chi connectivity index (χ0n) is 7.71. The summed E-state index contributed by atoms with van der Waals surface area (Å²) in [7, 11) is 1.55. The molecule has 0 unspecified atom stereocenters. The van der Waals surface area contributed by atoms with Crippen LogP contribution in [-0.2, 0) is 0 Å². The Morgan fingerprint density at radius 2 is 2.00 bits per heavy atom. The van der Waals surface area contributed by atoms with Gasteiger partial charge in [-0.1, -0.05) is 31.4 Å². The molecule has 13 heavy (non-hydrogen) atoms. The van der Waals surface area contributed by atoms with Gasteiger partial charge in [-0.05, 0) is 12.2 Å². The summed E-state index contributed by atoms with van der Waals surface area (Å²) in [4.78, 5) is 10.9. The van der Waals surface area contributed by atoms with Crippen LogP contribution < -0.4 is 10.6 Å². The predicted molar refractivity (Wildman–Crippen MR) is 55.2 cm³/mol. The Morgan fingerprint density at radius 3 is 2.46 bits per heavy atom. The van der Waals surface area contributed by atoms with E-state index in [4.69, 9.17) is 0 Å². The number of amides is 2. The lowest BCUT2D eigenvalue weighted by Crippen LogP contribution is -2.31. The number of nitrogens with one attached hydrogen (secondary N) is 2. The Bertz CT molecular complexity index is 252. The molecule has 3 nitrogen and oxygen atoms in total. The zero-order valence-corrected chi connectivity index (χ0v) is 7.71. The van der Waals surface area contributed by atoms with Gasteiger partial charge in [-0.25, -0.2) is 4.79 Å². The SMILES string of the molecule is C=C/C=C\C(=C/C=C)NC(=O)NC. The van der Waals surface area contributed by atoms with Gasteiger partial charge in [-0.3, -0.25) is 0 Å². The molecule has 0 saturated carbocycles. The van der Waals surface area contributed by atoms with Gasteiger partial charge in [0.05, 0.1) is 0 Å². The fraction of sp³-hybridized carbons (Fsp3) is 0.100. The Labute approximate surface area is 78.5 Å². The Balaban J connectivity index is 4.34. The van der Waals surface area contributed by atoms with Gasteiger partial charge < -0.3 is 10.6 Å². The molecule has 0 aliphatic heterocycles. The average Bonchev–Trinajstić information content (AvgIpc) is 2.14. The minimum atomic E-state index is -0.262. The second-order valence-corrected chi connectivity index (χ2v) is 2.16. The van der Waals surface area contributed by atoms with Gasteiger partial charge in [0.25, 0.3) is 0 Å². The van der Waals surface area contributed by atoms with E-state index < -0.39 is 0 Å². The third-order valence-electron chi connectivity index (χ3n) is 1.19. The topological polar surface area (TPSA) is 41.1 Å². The van der Waals surface area contributed by atoms with E-state index >= 15 is 0 Å². The maximum Gasteiger partial charge on any atom is 0.318 e. The van der Waals surface area contributed by atoms with Crippen molar-refractivity contribution in [3.05, 3.63) is 49.2 Å². The van der Waals surface area contributed by atoms with Gasteiger partial charge in [-0.2, -0.15) is 0 Å². The first-order valence-electron chi connectivity index (χ1n) is 3.85. The van der Waals surface area contributed by atoms with E-state index in [1.54, 1.807) is 37.4 Å². The van der Waals surface area contributed by atoms with Crippen LogP contribution in [0, 0.1) is 0 Å². The summed E-state index contributed by atoms with van der Waals surface area (Å²) in [5.41, 5.74) is 0.661. The molecule has 0 aliphatic carbocycles. The first kappa shape index (κ1) is 11.2. The van der Waals surface area contributed by atoms with Crippen LogP contribution in [0.4, 0.5) is 4.79 Å². The van der Waals surface area contributed by atoms with E-state index in [0.717, 1.165) is 0 Å². The molecule has 0 aromatic heterocycles. The first-order valence-corrected chi connectivity index (χ1v) is 3.85. The number of carbonyl (C=O) groups excluding carboxylic acids is 1. The molecule has 0 radical (unpaired) electrons. The van der Waals surface area contributed by atoms with Gasteiger partial charge in [0.15, 0.2) is 0 Å². The Kier molecular flexibility index (Phi) is 5.97. The fourth-order valence-electron chi connectivity index (χ4n) is 0.631. The van der Waals surface area contributed by atoms with Gasteiger partial charge in [0.1, 0.15) is 0 Å². The van der Waals surface area contributed by atoms with E-state index in [1.165, 1.54) is 0 Å². The van der Waals surface area contributed by atoms with Crippen LogP contribution in [0.5, 0.6) is 0 Å². The summed E-state index contributed by atoms with van der Waals surface area (Å²) in [5, 5.41) is 5.05. The van der Waals surface area contributed by atoms with Crippen LogP contribution in [0.15, 0.2) is 49.2 Å². The van der Waals surface area contributed by atoms with Crippen molar-refractivity contribution in [3.8, 4) is 0 Å². The second kappa shape index (κ2) is 6.91. The molecule has 2 N–H and O–H groups in total. The number of carbonyl (C=O) groups is 1. The highest BCUT2D eigenvalue weighted by Gasteiger charge is 1.95. The highest BCUT2D eigenvalue weighted by molar-refractivity contribution is 5.76. The quantitative estimate of drug-likeness (QED) is 0.632. The van der Waals surface area contributed by atoms with Crippen LogP contribution in [0.25, 0.3) is 0 Å². The minimum absolute atomic E-state index is 0.262. The molecule has 0 aromatic carbocycles. The van der Waals surface area contributed by atoms with Gasteiger partial charge >= 0.3 is 6.03 Å². The van der Waals surface area contributed by atoms with Crippen molar-refractivity contribution >= 4 is 6.03 Å². The van der Waals surface area contributed by atoms with Crippen LogP contribution in [-0.4, -0.2) is 13.1 Å². The summed E-state index contributed by atoms with van der Waals surface area (Å²) >= 11 is 0. The van der Waals surface area contributed by atoms with Crippen molar-refractivity contribution < 1.29 is 4.79 Å². The highest BCUT2D eigenvalue weighted by Crippen LogP contribution is 1.92. The second-order valence-electron chi connectivity index (χ2n) is 2.16. The standard InChI is InChI=1S/C10H14N2O/c1-4-6-8-9(7-5-2)12-10(13)11-3/h4-8H,1-2H2,3H3,(H2,11,12,13)/b8-6-,9-7+. The van der Waals surface area contributed by atoms with E-state index in [-0.39, 0.29) is 6.03 Å². The molecule has 0 bridgehead atoms. The third kappa shape index (κ3) is 5.49. The molecular weight excluding hydrogens is 164 g/mol. The van der Waals surface area contributed by atoms with Crippen molar-refractivity contribution in [2.24, 2.45) is 0 Å². The molecule has 3 heteroatoms. The summed E-state index contributed by atoms with van der Waals surface area (Å²) in [6.07, 6.45) is 8.37. The normalized spacial score (nSPS) is 11.0. The van der Waals surface area contributed by atoms with Gasteiger partial charge in [0, 0.05) is 12.7 Å². The third-order valence-corrected chi connectivity index (χ3v) is 1.19. The van der Waals surface area contributed by atoms with E-state index in [0.29, 0.717) is 5.70 Å². The number of hydrogen-bond donors (Lipinski definition) is 2. The van der Waals surface area contributed by atoms with E-state index in [2.05, 4.69) is 23.8 Å². The lowest BCUT2D eigenvalue weighted by Gasteiger charge is -2.03. The number of hydrogen-bond acceptors (Lipinski definition) is 1. The lowest BCUT2D eigenvalue weighted by atomic mass is 10.3. The van der Waals surface area contributed by atoms with Crippen molar-refractivity contribution in [2.45, 2.75) is 0 Å². The lowest BCUT2D eigenvalue weighted by molar-refractivity contribution is 0.245. The van der Waals surface area contributed by atoms with Crippen LogP contribution >= 0.6 is 0 Å². The van der Waals surface area contributed by atoms with Crippen LogP contribution in [0.1, 0.15) is 0 Å². The molecule has 0 saturated heterocycles. The molecule has 0 rings (SSSR count).